The number of aliphatic carboxylic acids is 1. The Morgan fingerprint density at radius 1 is 1.00 bits per heavy atom. The number of carboxylic acids is 1. The third-order valence-electron chi connectivity index (χ3n) is 10.1. The molecular formula is C32H43N5O7. The van der Waals surface area contributed by atoms with Gasteiger partial charge in [0.25, 0.3) is 5.91 Å². The van der Waals surface area contributed by atoms with Crippen LogP contribution in [-0.2, 0) is 36.8 Å². The van der Waals surface area contributed by atoms with E-state index in [1.54, 1.807) is 0 Å². The molecule has 1 heterocycles. The van der Waals surface area contributed by atoms with E-state index >= 15 is 0 Å². The van der Waals surface area contributed by atoms with E-state index in [0.717, 1.165) is 30.4 Å². The minimum atomic E-state index is -1.39. The molecule has 4 aliphatic rings. The number of primary amides is 1. The van der Waals surface area contributed by atoms with Crippen molar-refractivity contribution in [3.05, 3.63) is 35.4 Å². The summed E-state index contributed by atoms with van der Waals surface area (Å²) in [5.41, 5.74) is 6.05. The number of amides is 5. The molecule has 5 rings (SSSR count). The summed E-state index contributed by atoms with van der Waals surface area (Å²) in [6.07, 6.45) is 6.55. The van der Waals surface area contributed by atoms with Gasteiger partial charge >= 0.3 is 12.0 Å². The van der Waals surface area contributed by atoms with Gasteiger partial charge in [-0.3, -0.25) is 19.2 Å². The number of carboxylic acid groups (broad SMARTS) is 1. The number of urea groups is 1. The van der Waals surface area contributed by atoms with Crippen LogP contribution in [0.4, 0.5) is 4.79 Å². The van der Waals surface area contributed by atoms with Gasteiger partial charge in [-0.1, -0.05) is 63.3 Å². The molecule has 0 bridgehead atoms. The summed E-state index contributed by atoms with van der Waals surface area (Å²) >= 11 is 0. The van der Waals surface area contributed by atoms with Crippen molar-refractivity contribution in [1.29, 1.82) is 0 Å². The van der Waals surface area contributed by atoms with Crippen molar-refractivity contribution in [3.63, 3.8) is 0 Å². The molecular weight excluding hydrogens is 566 g/mol. The number of hydrogen-bond acceptors (Lipinski definition) is 6. The highest BCUT2D eigenvalue weighted by Gasteiger charge is 2.47. The number of nitrogens with one attached hydrogen (secondary N) is 3. The second-order valence-electron chi connectivity index (χ2n) is 13.3. The molecule has 1 aromatic rings. The van der Waals surface area contributed by atoms with Crippen molar-refractivity contribution >= 4 is 35.5 Å². The lowest BCUT2D eigenvalue weighted by Crippen LogP contribution is -2.62. The van der Waals surface area contributed by atoms with E-state index in [-0.39, 0.29) is 24.3 Å². The molecule has 0 spiro atoms. The molecule has 1 aliphatic heterocycles. The van der Waals surface area contributed by atoms with E-state index in [2.05, 4.69) is 16.0 Å². The largest absolute Gasteiger partial charge is 0.480 e. The number of Topliss-reactive ketones (excluding diaryl/α,β-unsaturated/α-hetero) is 1. The van der Waals surface area contributed by atoms with E-state index in [1.165, 1.54) is 4.90 Å². The second kappa shape index (κ2) is 13.0. The Labute approximate surface area is 256 Å². The fraction of sp³-hybridized carbons (Fsp3) is 0.625. The number of fused-ring (bicyclic) bond motifs is 1. The summed E-state index contributed by atoms with van der Waals surface area (Å²) in [6.45, 7) is 2.19. The fourth-order valence-corrected chi connectivity index (χ4v) is 7.43. The van der Waals surface area contributed by atoms with Crippen LogP contribution in [0.5, 0.6) is 0 Å². The number of ketones is 1. The standard InChI is InChI=1S/C32H43N5O7/c1-18-13-24(28(40)34-23(26(38)27(33)39)14-19-7-6-8-19)37(17-18)29(41)25(22-15-20-9-2-3-10-21(20)16-22)35-31(44)36-32(30(42)43)11-4-5-12-32/h2-3,9-10,18-19,22-25H,4-8,11-17H2,1H3,(H2,33,39)(H,34,40)(H,42,43)(H2,35,36,44)/t18-,23?,24+,25+/m1/s1. The topological polar surface area (TPSA) is 188 Å². The molecule has 12 nitrogen and oxygen atoms in total. The van der Waals surface area contributed by atoms with E-state index in [4.69, 9.17) is 5.73 Å². The molecule has 3 aliphatic carbocycles. The predicted molar refractivity (Wildman–Crippen MR) is 159 cm³/mol. The highest BCUT2D eigenvalue weighted by atomic mass is 16.4. The van der Waals surface area contributed by atoms with Crippen LogP contribution in [0.15, 0.2) is 24.3 Å². The smallest absolute Gasteiger partial charge is 0.329 e. The Bertz CT molecular complexity index is 1300. The third kappa shape index (κ3) is 6.58. The average Bonchev–Trinajstić information content (AvgIpc) is 3.70. The van der Waals surface area contributed by atoms with Crippen LogP contribution in [0.2, 0.25) is 0 Å². The number of carbonyl (C=O) groups excluding carboxylic acids is 5. The molecule has 0 aromatic heterocycles. The molecule has 2 saturated carbocycles. The lowest BCUT2D eigenvalue weighted by Gasteiger charge is -2.34. The summed E-state index contributed by atoms with van der Waals surface area (Å²) in [5, 5.41) is 18.1. The molecule has 3 fully saturated rings. The fourth-order valence-electron chi connectivity index (χ4n) is 7.43. The molecule has 12 heteroatoms. The maximum Gasteiger partial charge on any atom is 0.329 e. The van der Waals surface area contributed by atoms with E-state index in [1.807, 2.05) is 31.2 Å². The molecule has 1 aromatic carbocycles. The van der Waals surface area contributed by atoms with Gasteiger partial charge < -0.3 is 31.7 Å². The van der Waals surface area contributed by atoms with Crippen LogP contribution in [0.1, 0.15) is 75.8 Å². The molecule has 44 heavy (non-hydrogen) atoms. The number of benzene rings is 1. The van der Waals surface area contributed by atoms with E-state index in [0.29, 0.717) is 51.4 Å². The van der Waals surface area contributed by atoms with Gasteiger partial charge in [-0.15, -0.1) is 0 Å². The minimum absolute atomic E-state index is 0.0318. The first kappa shape index (κ1) is 31.5. The van der Waals surface area contributed by atoms with Crippen molar-refractivity contribution in [3.8, 4) is 0 Å². The minimum Gasteiger partial charge on any atom is -0.480 e. The normalized spacial score (nSPS) is 24.1. The first-order valence-corrected chi connectivity index (χ1v) is 15.8. The number of likely N-dealkylation sites (tertiary alicyclic amines) is 1. The molecule has 1 unspecified atom stereocenters. The summed E-state index contributed by atoms with van der Waals surface area (Å²) in [7, 11) is 0. The molecule has 1 saturated heterocycles. The Morgan fingerprint density at radius 3 is 2.18 bits per heavy atom. The van der Waals surface area contributed by atoms with Gasteiger partial charge in [-0.2, -0.15) is 0 Å². The Hall–Kier alpha value is -3.96. The van der Waals surface area contributed by atoms with Crippen molar-refractivity contribution in [2.75, 3.05) is 6.54 Å². The zero-order valence-electron chi connectivity index (χ0n) is 25.2. The monoisotopic (exact) mass is 609 g/mol. The third-order valence-corrected chi connectivity index (χ3v) is 10.1. The van der Waals surface area contributed by atoms with Gasteiger partial charge in [-0.25, -0.2) is 9.59 Å². The van der Waals surface area contributed by atoms with Crippen molar-refractivity contribution in [2.24, 2.45) is 23.5 Å². The van der Waals surface area contributed by atoms with E-state index in [9.17, 15) is 33.9 Å². The van der Waals surface area contributed by atoms with Gasteiger partial charge in [0.2, 0.25) is 17.6 Å². The summed E-state index contributed by atoms with van der Waals surface area (Å²) in [6, 6.07) is 4.11. The quantitative estimate of drug-likeness (QED) is 0.235. The molecule has 238 valence electrons. The summed E-state index contributed by atoms with van der Waals surface area (Å²) in [5.74, 6) is -4.16. The van der Waals surface area contributed by atoms with Gasteiger partial charge in [0.1, 0.15) is 17.6 Å². The van der Waals surface area contributed by atoms with Gasteiger partial charge in [0, 0.05) is 6.54 Å². The van der Waals surface area contributed by atoms with Gasteiger partial charge in [0.05, 0.1) is 6.04 Å². The highest BCUT2D eigenvalue weighted by Crippen LogP contribution is 2.34. The number of nitrogens with zero attached hydrogens (tertiary/aromatic N) is 1. The maximum atomic E-state index is 14.3. The first-order valence-electron chi connectivity index (χ1n) is 15.8. The lowest BCUT2D eigenvalue weighted by atomic mass is 9.80. The average molecular weight is 610 g/mol. The zero-order valence-corrected chi connectivity index (χ0v) is 25.2. The highest BCUT2D eigenvalue weighted by molar-refractivity contribution is 6.37. The van der Waals surface area contributed by atoms with Crippen LogP contribution in [0.25, 0.3) is 0 Å². The summed E-state index contributed by atoms with van der Waals surface area (Å²) in [4.78, 5) is 79.3. The van der Waals surface area contributed by atoms with Gasteiger partial charge in [0.15, 0.2) is 0 Å². The Balaban J connectivity index is 1.36. The van der Waals surface area contributed by atoms with E-state index < -0.39 is 59.2 Å². The van der Waals surface area contributed by atoms with Crippen molar-refractivity contribution in [1.82, 2.24) is 20.9 Å². The van der Waals surface area contributed by atoms with Crippen molar-refractivity contribution in [2.45, 2.75) is 101 Å². The molecule has 5 amide bonds. The van der Waals surface area contributed by atoms with Crippen LogP contribution >= 0.6 is 0 Å². The molecule has 6 N–H and O–H groups in total. The SMILES string of the molecule is C[C@@H]1C[C@@H](C(=O)NC(CC2CCC2)C(=O)C(N)=O)N(C(=O)[C@@H](NC(=O)NC2(C(=O)O)CCCC2)C2Cc3ccccc3C2)C1. The summed E-state index contributed by atoms with van der Waals surface area (Å²) < 4.78 is 0. The number of rotatable bonds is 11. The number of hydrogen-bond donors (Lipinski definition) is 5. The Morgan fingerprint density at radius 2 is 1.64 bits per heavy atom. The van der Waals surface area contributed by atoms with Crippen LogP contribution in [-0.4, -0.2) is 75.7 Å². The predicted octanol–water partition coefficient (Wildman–Crippen LogP) is 1.43. The van der Waals surface area contributed by atoms with Crippen LogP contribution in [0, 0.1) is 17.8 Å². The lowest BCUT2D eigenvalue weighted by molar-refractivity contribution is -0.144. The maximum absolute atomic E-state index is 14.3. The Kier molecular flexibility index (Phi) is 9.26. The zero-order chi connectivity index (χ0) is 31.6. The van der Waals surface area contributed by atoms with Crippen molar-refractivity contribution < 1.29 is 33.9 Å². The number of carbonyl (C=O) groups is 6. The second-order valence-corrected chi connectivity index (χ2v) is 13.3. The molecule has 4 atom stereocenters. The van der Waals surface area contributed by atoms with Crippen LogP contribution in [0.3, 0.4) is 0 Å². The number of nitrogens with two attached hydrogens (primary N) is 1. The molecule has 0 radical (unpaired) electrons. The van der Waals surface area contributed by atoms with Crippen LogP contribution < -0.4 is 21.7 Å². The first-order chi connectivity index (χ1) is 21.0. The van der Waals surface area contributed by atoms with Gasteiger partial charge in [-0.05, 0) is 67.4 Å².